The van der Waals surface area contributed by atoms with E-state index in [1.165, 1.54) is 25.5 Å². The molecule has 3 amide bonds. The van der Waals surface area contributed by atoms with Crippen LogP contribution in [0, 0.1) is 5.92 Å². The molecule has 2 heterocycles. The van der Waals surface area contributed by atoms with Gasteiger partial charge in [0.1, 0.15) is 17.9 Å². The summed E-state index contributed by atoms with van der Waals surface area (Å²) in [5.41, 5.74) is -0.841. The minimum absolute atomic E-state index is 0.00172. The van der Waals surface area contributed by atoms with E-state index in [-0.39, 0.29) is 43.8 Å². The first-order chi connectivity index (χ1) is 22.9. The van der Waals surface area contributed by atoms with Crippen molar-refractivity contribution in [2.24, 2.45) is 5.92 Å². The number of nitrogens with one attached hydrogen (secondary N) is 3. The van der Waals surface area contributed by atoms with Crippen LogP contribution in [0.25, 0.3) is 0 Å². The van der Waals surface area contributed by atoms with Gasteiger partial charge in [0.05, 0.1) is 12.1 Å². The van der Waals surface area contributed by atoms with Crippen LogP contribution in [-0.2, 0) is 34.4 Å². The van der Waals surface area contributed by atoms with Gasteiger partial charge in [-0.05, 0) is 37.8 Å². The molecule has 48 heavy (non-hydrogen) atoms. The topological polar surface area (TPSA) is 212 Å². The highest BCUT2D eigenvalue weighted by molar-refractivity contribution is 7.66. The van der Waals surface area contributed by atoms with Gasteiger partial charge in [-0.2, -0.15) is 0 Å². The van der Waals surface area contributed by atoms with Crippen molar-refractivity contribution >= 4 is 40.2 Å². The molecule has 18 heteroatoms. The standard InChI is InChI=1S/C30H45BN6O9P2/c1-4-47(41)30(48(42,43)44)36-27(38)11-8-14-37-15-17-45-31(46-18-16-37)26(19-22(2)3)35-28(39)24(20-23-9-6-5-7-10-23)34-29(40)25-21-32-12-13-33-25/h5-7,9-10,12-13,21-22,24,26,30H,4,8,11,14-20H2,1-3H3,(H4-,34,35,36,38,39,40,42,43,44). The summed E-state index contributed by atoms with van der Waals surface area (Å²) in [6, 6.07) is 8.45. The molecule has 0 saturated carbocycles. The SMILES string of the molecule is CC[P+](=O)C(NC(=O)CCCN1CCOB(C(CC(C)C)NC(=O)C(Cc2ccccc2)NC(=O)c2cnccn2)OCC1)P(=O)([O-])O. The van der Waals surface area contributed by atoms with Gasteiger partial charge in [-0.15, -0.1) is 0 Å². The van der Waals surface area contributed by atoms with Crippen LogP contribution in [0.2, 0.25) is 0 Å². The van der Waals surface area contributed by atoms with Crippen molar-refractivity contribution in [2.45, 2.75) is 64.0 Å². The smallest absolute Gasteiger partial charge is 0.480 e. The summed E-state index contributed by atoms with van der Waals surface area (Å²) in [5.74, 6) is -1.85. The van der Waals surface area contributed by atoms with Crippen LogP contribution in [-0.4, -0.2) is 101 Å². The predicted molar refractivity (Wildman–Crippen MR) is 178 cm³/mol. The fraction of sp³-hybridized carbons (Fsp3) is 0.567. The second-order valence-corrected chi connectivity index (χ2v) is 15.9. The van der Waals surface area contributed by atoms with Gasteiger partial charge in [0.15, 0.2) is 0 Å². The fourth-order valence-electron chi connectivity index (χ4n) is 5.12. The summed E-state index contributed by atoms with van der Waals surface area (Å²) >= 11 is 0. The van der Waals surface area contributed by atoms with Gasteiger partial charge >= 0.3 is 14.9 Å². The Morgan fingerprint density at radius 1 is 1.10 bits per heavy atom. The lowest BCUT2D eigenvalue weighted by Crippen LogP contribution is -2.57. The summed E-state index contributed by atoms with van der Waals surface area (Å²) < 4.78 is 35.7. The molecule has 5 atom stereocenters. The molecule has 0 radical (unpaired) electrons. The molecular formula is C30H45BN6O9P2. The first kappa shape index (κ1) is 39.3. The largest absolute Gasteiger partial charge is 0.774 e. The summed E-state index contributed by atoms with van der Waals surface area (Å²) in [4.78, 5) is 69.9. The van der Waals surface area contributed by atoms with E-state index in [2.05, 4.69) is 25.9 Å². The molecule has 0 spiro atoms. The minimum Gasteiger partial charge on any atom is -0.774 e. The van der Waals surface area contributed by atoms with Crippen molar-refractivity contribution in [3.05, 3.63) is 60.2 Å². The molecule has 1 aromatic carbocycles. The zero-order valence-electron chi connectivity index (χ0n) is 27.5. The number of amides is 3. The number of rotatable bonds is 17. The maximum Gasteiger partial charge on any atom is 0.480 e. The second kappa shape index (κ2) is 19.8. The Morgan fingerprint density at radius 3 is 2.38 bits per heavy atom. The molecular weight excluding hydrogens is 661 g/mol. The third-order valence-corrected chi connectivity index (χ3v) is 11.2. The Balaban J connectivity index is 1.57. The molecule has 1 aromatic heterocycles. The third-order valence-electron chi connectivity index (χ3n) is 7.52. The van der Waals surface area contributed by atoms with Gasteiger partial charge in [-0.25, -0.2) is 4.98 Å². The van der Waals surface area contributed by atoms with E-state index >= 15 is 0 Å². The Kier molecular flexibility index (Phi) is 16.2. The van der Waals surface area contributed by atoms with E-state index in [0.29, 0.717) is 32.5 Å². The molecule has 3 rings (SSSR count). The number of carbonyl (C=O) groups excluding carboxylic acids is 3. The molecule has 1 aliphatic rings. The molecule has 5 unspecified atom stereocenters. The van der Waals surface area contributed by atoms with Crippen molar-refractivity contribution in [1.82, 2.24) is 30.8 Å². The maximum absolute atomic E-state index is 13.7. The average molecular weight is 706 g/mol. The predicted octanol–water partition coefficient (Wildman–Crippen LogP) is 1.30. The molecule has 2 aromatic rings. The monoisotopic (exact) mass is 706 g/mol. The van der Waals surface area contributed by atoms with Gasteiger partial charge in [-0.1, -0.05) is 48.7 Å². The Labute approximate surface area is 282 Å². The molecule has 1 saturated heterocycles. The summed E-state index contributed by atoms with van der Waals surface area (Å²) in [6.07, 6.45) is 5.36. The highest BCUT2D eigenvalue weighted by Gasteiger charge is 2.39. The van der Waals surface area contributed by atoms with Crippen molar-refractivity contribution < 1.29 is 42.6 Å². The van der Waals surface area contributed by atoms with Gasteiger partial charge in [0.25, 0.3) is 11.4 Å². The van der Waals surface area contributed by atoms with Gasteiger partial charge in [-0.3, -0.25) is 24.3 Å². The highest BCUT2D eigenvalue weighted by atomic mass is 31.2. The van der Waals surface area contributed by atoms with Crippen LogP contribution in [0.15, 0.2) is 48.9 Å². The van der Waals surface area contributed by atoms with Gasteiger partial charge in [0, 0.05) is 51.5 Å². The molecule has 262 valence electrons. The van der Waals surface area contributed by atoms with Crippen molar-refractivity contribution in [2.75, 3.05) is 39.0 Å². The first-order valence-electron chi connectivity index (χ1n) is 16.0. The minimum atomic E-state index is -5.00. The van der Waals surface area contributed by atoms with E-state index < -0.39 is 57.7 Å². The van der Waals surface area contributed by atoms with Gasteiger partial charge in [0.2, 0.25) is 19.4 Å². The Bertz CT molecular complexity index is 1380. The molecule has 15 nitrogen and oxygen atoms in total. The van der Waals surface area contributed by atoms with E-state index in [0.717, 1.165) is 5.56 Å². The van der Waals surface area contributed by atoms with Crippen LogP contribution in [0.5, 0.6) is 0 Å². The average Bonchev–Trinajstić information content (AvgIpc) is 3.03. The summed E-state index contributed by atoms with van der Waals surface area (Å²) in [5, 5.41) is 8.04. The number of hydrogen-bond acceptors (Lipinski definition) is 11. The van der Waals surface area contributed by atoms with Crippen LogP contribution >= 0.6 is 15.4 Å². The zero-order chi connectivity index (χ0) is 35.1. The quantitative estimate of drug-likeness (QED) is 0.135. The highest BCUT2D eigenvalue weighted by Crippen LogP contribution is 2.48. The van der Waals surface area contributed by atoms with Crippen LogP contribution < -0.4 is 20.8 Å². The second-order valence-electron chi connectivity index (χ2n) is 11.8. The number of carbonyl (C=O) groups is 3. The molecule has 4 N–H and O–H groups in total. The number of aromatic nitrogens is 2. The molecule has 0 bridgehead atoms. The summed E-state index contributed by atoms with van der Waals surface area (Å²) in [6.45, 7) is 7.64. The van der Waals surface area contributed by atoms with Crippen molar-refractivity contribution in [1.29, 1.82) is 0 Å². The maximum atomic E-state index is 13.7. The normalized spacial score (nSPS) is 17.6. The summed E-state index contributed by atoms with van der Waals surface area (Å²) in [7, 11) is -8.09. The van der Waals surface area contributed by atoms with E-state index in [1.54, 1.807) is 0 Å². The number of benzene rings is 1. The molecule has 1 aliphatic heterocycles. The van der Waals surface area contributed by atoms with Crippen LogP contribution in [0.4, 0.5) is 0 Å². The van der Waals surface area contributed by atoms with E-state index in [1.807, 2.05) is 49.1 Å². The molecule has 1 fully saturated rings. The number of nitrogens with zero attached hydrogens (tertiary/aromatic N) is 3. The fourth-order valence-corrected chi connectivity index (χ4v) is 7.85. The van der Waals surface area contributed by atoms with Gasteiger partial charge < -0.3 is 39.6 Å². The van der Waals surface area contributed by atoms with E-state index in [9.17, 15) is 33.3 Å². The Hall–Kier alpha value is -3.10. The van der Waals surface area contributed by atoms with Crippen molar-refractivity contribution in [3.8, 4) is 0 Å². The van der Waals surface area contributed by atoms with Crippen LogP contribution in [0.1, 0.15) is 56.1 Å². The zero-order valence-corrected chi connectivity index (χ0v) is 29.3. The molecule has 0 aliphatic carbocycles. The number of hydrogen-bond donors (Lipinski definition) is 4. The van der Waals surface area contributed by atoms with E-state index in [4.69, 9.17) is 9.31 Å². The van der Waals surface area contributed by atoms with Crippen LogP contribution in [0.3, 0.4) is 0 Å². The Morgan fingerprint density at radius 2 is 1.79 bits per heavy atom. The lowest BCUT2D eigenvalue weighted by Gasteiger charge is -2.32. The first-order valence-corrected chi connectivity index (χ1v) is 19.2. The third kappa shape index (κ3) is 13.4. The lowest BCUT2D eigenvalue weighted by molar-refractivity contribution is -0.195. The van der Waals surface area contributed by atoms with Crippen molar-refractivity contribution in [3.63, 3.8) is 0 Å². The lowest BCUT2D eigenvalue weighted by atomic mass is 9.73.